The summed E-state index contributed by atoms with van der Waals surface area (Å²) in [4.78, 5) is 21.9. The van der Waals surface area contributed by atoms with Gasteiger partial charge in [0, 0.05) is 23.4 Å². The van der Waals surface area contributed by atoms with Crippen molar-refractivity contribution in [3.63, 3.8) is 0 Å². The summed E-state index contributed by atoms with van der Waals surface area (Å²) in [5.41, 5.74) is 3.99. The van der Waals surface area contributed by atoms with Crippen LogP contribution in [0.2, 0.25) is 0 Å². The quantitative estimate of drug-likeness (QED) is 0.515. The van der Waals surface area contributed by atoms with Crippen LogP contribution < -0.4 is 10.7 Å². The topological polar surface area (TPSA) is 96.6 Å². The molecule has 112 valence electrons. The average Bonchev–Trinajstić information content (AvgIpc) is 2.53. The van der Waals surface area contributed by atoms with Gasteiger partial charge in [-0.1, -0.05) is 30.3 Å². The van der Waals surface area contributed by atoms with Gasteiger partial charge in [-0.3, -0.25) is 10.1 Å². The molecule has 0 heterocycles. The second kappa shape index (κ2) is 6.98. The number of nitrogens with zero attached hydrogens (tertiary/aromatic N) is 2. The van der Waals surface area contributed by atoms with Crippen molar-refractivity contribution in [2.24, 2.45) is 5.10 Å². The van der Waals surface area contributed by atoms with E-state index in [0.29, 0.717) is 17.0 Å². The fourth-order valence-corrected chi connectivity index (χ4v) is 1.72. The van der Waals surface area contributed by atoms with Gasteiger partial charge in [0.15, 0.2) is 0 Å². The van der Waals surface area contributed by atoms with Crippen molar-refractivity contribution in [2.75, 3.05) is 5.32 Å². The highest BCUT2D eigenvalue weighted by molar-refractivity contribution is 6.00. The van der Waals surface area contributed by atoms with E-state index in [9.17, 15) is 14.9 Å². The third-order valence-electron chi connectivity index (χ3n) is 2.83. The summed E-state index contributed by atoms with van der Waals surface area (Å²) in [7, 11) is 0. The van der Waals surface area contributed by atoms with Gasteiger partial charge in [0.05, 0.1) is 10.6 Å². The van der Waals surface area contributed by atoms with Crippen LogP contribution in [0.5, 0.6) is 0 Å². The van der Waals surface area contributed by atoms with E-state index in [1.54, 1.807) is 43.3 Å². The van der Waals surface area contributed by atoms with E-state index in [4.69, 9.17) is 0 Å². The first-order valence-electron chi connectivity index (χ1n) is 6.47. The first kappa shape index (κ1) is 15.2. The van der Waals surface area contributed by atoms with E-state index in [-0.39, 0.29) is 5.69 Å². The third-order valence-corrected chi connectivity index (χ3v) is 2.83. The zero-order valence-corrected chi connectivity index (χ0v) is 11.8. The van der Waals surface area contributed by atoms with Crippen LogP contribution in [0.3, 0.4) is 0 Å². The molecule has 0 aliphatic heterocycles. The van der Waals surface area contributed by atoms with Crippen LogP contribution in [-0.2, 0) is 0 Å². The lowest BCUT2D eigenvalue weighted by atomic mass is 10.1. The molecule has 2 N–H and O–H groups in total. The molecule has 0 aromatic heterocycles. The predicted octanol–water partition coefficient (Wildman–Crippen LogP) is 3.14. The lowest BCUT2D eigenvalue weighted by molar-refractivity contribution is -0.384. The summed E-state index contributed by atoms with van der Waals surface area (Å²) < 4.78 is 0. The van der Waals surface area contributed by atoms with Gasteiger partial charge in [-0.05, 0) is 19.1 Å². The molecule has 0 fully saturated rings. The lowest BCUT2D eigenvalue weighted by Crippen LogP contribution is -2.25. The minimum absolute atomic E-state index is 0.0270. The van der Waals surface area contributed by atoms with Gasteiger partial charge in [0.2, 0.25) is 0 Å². The lowest BCUT2D eigenvalue weighted by Gasteiger charge is -2.05. The first-order valence-corrected chi connectivity index (χ1v) is 6.47. The van der Waals surface area contributed by atoms with Crippen LogP contribution in [0.1, 0.15) is 12.5 Å². The van der Waals surface area contributed by atoms with Crippen molar-refractivity contribution in [3.8, 4) is 0 Å². The maximum atomic E-state index is 11.7. The first-order chi connectivity index (χ1) is 10.6. The van der Waals surface area contributed by atoms with Crippen LogP contribution in [0.4, 0.5) is 16.2 Å². The summed E-state index contributed by atoms with van der Waals surface area (Å²) in [5, 5.41) is 17.3. The number of hydrogen-bond donors (Lipinski definition) is 2. The molecule has 0 unspecified atom stereocenters. The van der Waals surface area contributed by atoms with Crippen LogP contribution in [0, 0.1) is 10.1 Å². The maximum absolute atomic E-state index is 11.7. The number of hydrazone groups is 1. The van der Waals surface area contributed by atoms with Gasteiger partial charge >= 0.3 is 6.03 Å². The minimum atomic E-state index is -0.490. The maximum Gasteiger partial charge on any atom is 0.339 e. The number of benzene rings is 2. The van der Waals surface area contributed by atoms with Crippen molar-refractivity contribution in [1.82, 2.24) is 5.43 Å². The number of amides is 2. The Morgan fingerprint density at radius 1 is 1.14 bits per heavy atom. The molecule has 0 bridgehead atoms. The molecule has 2 aromatic rings. The smallest absolute Gasteiger partial charge is 0.307 e. The number of carbonyl (C=O) groups is 1. The predicted molar refractivity (Wildman–Crippen MR) is 83.9 cm³/mol. The molecule has 0 saturated carbocycles. The van der Waals surface area contributed by atoms with Crippen LogP contribution >= 0.6 is 0 Å². The summed E-state index contributed by atoms with van der Waals surface area (Å²) in [6.45, 7) is 1.65. The Hall–Kier alpha value is -3.22. The summed E-state index contributed by atoms with van der Waals surface area (Å²) in [6, 6.07) is 14.5. The molecule has 0 radical (unpaired) electrons. The zero-order valence-electron chi connectivity index (χ0n) is 11.8. The summed E-state index contributed by atoms with van der Waals surface area (Å²) in [5.74, 6) is 0. The van der Waals surface area contributed by atoms with Crippen molar-refractivity contribution < 1.29 is 9.72 Å². The Labute approximate surface area is 126 Å². The largest absolute Gasteiger partial charge is 0.339 e. The van der Waals surface area contributed by atoms with E-state index in [1.807, 2.05) is 6.07 Å². The van der Waals surface area contributed by atoms with Gasteiger partial charge in [0.25, 0.3) is 5.69 Å². The standard InChI is InChI=1S/C15H14N4O3/c1-11(12-6-5-9-14(10-12)19(21)22)17-18-15(20)16-13-7-3-2-4-8-13/h2-10H,1H3,(H2,16,18,20)/b17-11+. The van der Waals surface area contributed by atoms with E-state index in [0.717, 1.165) is 0 Å². The summed E-state index contributed by atoms with van der Waals surface area (Å²) in [6.07, 6.45) is 0. The molecule has 2 aromatic carbocycles. The number of non-ortho nitro benzene ring substituents is 1. The molecule has 7 nitrogen and oxygen atoms in total. The molecule has 7 heteroatoms. The van der Waals surface area contributed by atoms with Crippen molar-refractivity contribution >= 4 is 23.1 Å². The molecule has 0 aliphatic rings. The molecule has 0 spiro atoms. The highest BCUT2D eigenvalue weighted by Crippen LogP contribution is 2.13. The summed E-state index contributed by atoms with van der Waals surface area (Å²) >= 11 is 0. The Kier molecular flexibility index (Phi) is 4.81. The number of anilines is 1. The number of nitrogens with one attached hydrogen (secondary N) is 2. The fraction of sp³-hybridized carbons (Fsp3) is 0.0667. The molecule has 22 heavy (non-hydrogen) atoms. The normalized spacial score (nSPS) is 10.9. The molecule has 2 amide bonds. The minimum Gasteiger partial charge on any atom is -0.307 e. The Morgan fingerprint density at radius 2 is 1.86 bits per heavy atom. The van der Waals surface area contributed by atoms with Crippen LogP contribution in [-0.4, -0.2) is 16.7 Å². The SMILES string of the molecule is C/C(=N\NC(=O)Nc1ccccc1)c1cccc([N+](=O)[O-])c1. The number of carbonyl (C=O) groups excluding carboxylic acids is 1. The molecule has 0 saturated heterocycles. The number of nitro groups is 1. The van der Waals surface area contributed by atoms with Gasteiger partial charge in [-0.2, -0.15) is 5.10 Å². The Balaban J connectivity index is 2.02. The number of hydrogen-bond acceptors (Lipinski definition) is 4. The van der Waals surface area contributed by atoms with Crippen molar-refractivity contribution in [3.05, 3.63) is 70.3 Å². The van der Waals surface area contributed by atoms with E-state index in [1.165, 1.54) is 12.1 Å². The fourth-order valence-electron chi connectivity index (χ4n) is 1.72. The molecule has 2 rings (SSSR count). The van der Waals surface area contributed by atoms with Gasteiger partial charge in [0.1, 0.15) is 0 Å². The van der Waals surface area contributed by atoms with Crippen LogP contribution in [0.15, 0.2) is 59.7 Å². The highest BCUT2D eigenvalue weighted by atomic mass is 16.6. The number of rotatable bonds is 4. The van der Waals surface area contributed by atoms with E-state index >= 15 is 0 Å². The Bertz CT molecular complexity index is 714. The number of urea groups is 1. The van der Waals surface area contributed by atoms with Crippen molar-refractivity contribution in [1.29, 1.82) is 0 Å². The van der Waals surface area contributed by atoms with E-state index in [2.05, 4.69) is 15.8 Å². The highest BCUT2D eigenvalue weighted by Gasteiger charge is 2.07. The molecule has 0 atom stereocenters. The Morgan fingerprint density at radius 3 is 2.55 bits per heavy atom. The third kappa shape index (κ3) is 4.14. The zero-order chi connectivity index (χ0) is 15.9. The average molecular weight is 298 g/mol. The number of nitro benzene ring substituents is 1. The van der Waals surface area contributed by atoms with Crippen LogP contribution in [0.25, 0.3) is 0 Å². The monoisotopic (exact) mass is 298 g/mol. The van der Waals surface area contributed by atoms with Crippen molar-refractivity contribution in [2.45, 2.75) is 6.92 Å². The second-order valence-corrected chi connectivity index (χ2v) is 4.44. The molecule has 0 aliphatic carbocycles. The second-order valence-electron chi connectivity index (χ2n) is 4.44. The molecular weight excluding hydrogens is 284 g/mol. The van der Waals surface area contributed by atoms with E-state index < -0.39 is 11.0 Å². The molecular formula is C15H14N4O3. The van der Waals surface area contributed by atoms with Gasteiger partial charge < -0.3 is 5.32 Å². The van der Waals surface area contributed by atoms with Gasteiger partial charge in [-0.15, -0.1) is 0 Å². The van der Waals surface area contributed by atoms with Gasteiger partial charge in [-0.25, -0.2) is 10.2 Å². The number of para-hydroxylation sites is 1.